The highest BCUT2D eigenvalue weighted by molar-refractivity contribution is 5.76. The summed E-state index contributed by atoms with van der Waals surface area (Å²) in [6.45, 7) is 4.71. The van der Waals surface area contributed by atoms with Crippen molar-refractivity contribution in [3.8, 4) is 0 Å². The van der Waals surface area contributed by atoms with Crippen LogP contribution in [0.4, 0.5) is 0 Å². The smallest absolute Gasteiger partial charge is 0.131 e. The Hall–Kier alpha value is -1.06. The Morgan fingerprint density at radius 2 is 2.31 bits per heavy atom. The minimum atomic E-state index is 0.183. The fraction of sp³-hybridized carbons (Fsp3) is 0.875. The summed E-state index contributed by atoms with van der Waals surface area (Å²) in [6.07, 6.45) is 0.548. The Morgan fingerprint density at radius 3 is 2.77 bits per heavy atom. The van der Waals surface area contributed by atoms with Crippen molar-refractivity contribution in [3.63, 3.8) is 0 Å². The van der Waals surface area contributed by atoms with Gasteiger partial charge in [-0.3, -0.25) is 4.79 Å². The van der Waals surface area contributed by atoms with E-state index in [9.17, 15) is 4.79 Å². The molecule has 0 aliphatic heterocycles. The highest BCUT2D eigenvalue weighted by Gasteiger charge is 2.09. The van der Waals surface area contributed by atoms with Crippen molar-refractivity contribution in [1.29, 1.82) is 0 Å². The largest absolute Gasteiger partial charge is 0.303 e. The third-order valence-corrected chi connectivity index (χ3v) is 1.95. The second-order valence-electron chi connectivity index (χ2n) is 3.19. The Balaban J connectivity index is 3.74. The van der Waals surface area contributed by atoms with Gasteiger partial charge in [0, 0.05) is 30.5 Å². The quantitative estimate of drug-likeness (QED) is 0.357. The van der Waals surface area contributed by atoms with Crippen molar-refractivity contribution in [3.05, 3.63) is 10.4 Å². The lowest BCUT2D eigenvalue weighted by Crippen LogP contribution is -2.32. The van der Waals surface area contributed by atoms with E-state index in [0.717, 1.165) is 0 Å². The van der Waals surface area contributed by atoms with Gasteiger partial charge in [-0.15, -0.1) is 0 Å². The molecule has 1 unspecified atom stereocenters. The van der Waals surface area contributed by atoms with Gasteiger partial charge in [0.1, 0.15) is 5.78 Å². The molecule has 74 valence electrons. The van der Waals surface area contributed by atoms with Crippen LogP contribution in [0.15, 0.2) is 5.11 Å². The summed E-state index contributed by atoms with van der Waals surface area (Å²) >= 11 is 0. The van der Waals surface area contributed by atoms with E-state index < -0.39 is 0 Å². The fourth-order valence-electron chi connectivity index (χ4n) is 1.04. The molecule has 1 atom stereocenters. The molecule has 0 amide bonds. The minimum Gasteiger partial charge on any atom is -0.303 e. The Bertz CT molecular complexity index is 210. The van der Waals surface area contributed by atoms with Crippen molar-refractivity contribution in [2.45, 2.75) is 26.3 Å². The van der Waals surface area contributed by atoms with Gasteiger partial charge in [0.15, 0.2) is 0 Å². The van der Waals surface area contributed by atoms with E-state index in [-0.39, 0.29) is 11.8 Å². The lowest BCUT2D eigenvalue weighted by molar-refractivity contribution is -0.118. The first-order valence-electron chi connectivity index (χ1n) is 4.28. The highest BCUT2D eigenvalue weighted by atomic mass is 16.1. The van der Waals surface area contributed by atoms with Crippen LogP contribution in [-0.4, -0.2) is 36.9 Å². The molecule has 0 rings (SSSR count). The second-order valence-corrected chi connectivity index (χ2v) is 3.19. The molecule has 0 heterocycles. The van der Waals surface area contributed by atoms with Gasteiger partial charge in [0.25, 0.3) is 0 Å². The number of nitrogens with zero attached hydrogens (tertiary/aromatic N) is 4. The molecule has 0 spiro atoms. The van der Waals surface area contributed by atoms with Crippen LogP contribution < -0.4 is 0 Å². The van der Waals surface area contributed by atoms with Gasteiger partial charge in [0.2, 0.25) is 0 Å². The summed E-state index contributed by atoms with van der Waals surface area (Å²) in [6, 6.07) is 0.214. The fourth-order valence-corrected chi connectivity index (χ4v) is 1.04. The maximum Gasteiger partial charge on any atom is 0.131 e. The standard InChI is InChI=1S/C8H16N4O/c1-7(6-8(2)13)12(3)5-4-10-11-9/h7H,4-6H2,1-3H3. The third-order valence-electron chi connectivity index (χ3n) is 1.95. The molecule has 13 heavy (non-hydrogen) atoms. The van der Waals surface area contributed by atoms with Gasteiger partial charge in [-0.1, -0.05) is 5.11 Å². The average Bonchev–Trinajstić information content (AvgIpc) is 2.03. The number of hydrogen-bond donors (Lipinski definition) is 0. The topological polar surface area (TPSA) is 69.1 Å². The lowest BCUT2D eigenvalue weighted by atomic mass is 10.1. The number of carbonyl (C=O) groups excluding carboxylic acids is 1. The zero-order valence-corrected chi connectivity index (χ0v) is 8.40. The molecule has 0 fully saturated rings. The number of carbonyl (C=O) groups is 1. The summed E-state index contributed by atoms with van der Waals surface area (Å²) in [5, 5.41) is 3.43. The van der Waals surface area contributed by atoms with Crippen LogP contribution in [0, 0.1) is 0 Å². The van der Waals surface area contributed by atoms with Crippen LogP contribution in [-0.2, 0) is 4.79 Å². The van der Waals surface area contributed by atoms with Gasteiger partial charge in [-0.05, 0) is 26.4 Å². The normalized spacial score (nSPS) is 12.3. The Morgan fingerprint density at radius 1 is 1.69 bits per heavy atom. The van der Waals surface area contributed by atoms with Gasteiger partial charge in [-0.25, -0.2) is 0 Å². The minimum absolute atomic E-state index is 0.183. The summed E-state index contributed by atoms with van der Waals surface area (Å²) in [7, 11) is 1.92. The van der Waals surface area contributed by atoms with Gasteiger partial charge in [0.05, 0.1) is 0 Å². The van der Waals surface area contributed by atoms with Crippen LogP contribution in [0.25, 0.3) is 10.4 Å². The average molecular weight is 184 g/mol. The molecular formula is C8H16N4O. The van der Waals surface area contributed by atoms with Crippen LogP contribution in [0.1, 0.15) is 20.3 Å². The van der Waals surface area contributed by atoms with Crippen molar-refractivity contribution in [1.82, 2.24) is 4.90 Å². The maximum atomic E-state index is 10.8. The molecule has 0 bridgehead atoms. The molecule has 0 aromatic carbocycles. The first-order valence-corrected chi connectivity index (χ1v) is 4.28. The van der Waals surface area contributed by atoms with Crippen molar-refractivity contribution in [2.75, 3.05) is 20.1 Å². The van der Waals surface area contributed by atoms with Crippen molar-refractivity contribution < 1.29 is 4.79 Å². The zero-order valence-electron chi connectivity index (χ0n) is 8.40. The first kappa shape index (κ1) is 11.9. The van der Waals surface area contributed by atoms with Crippen LogP contribution in [0.2, 0.25) is 0 Å². The zero-order chi connectivity index (χ0) is 10.3. The first-order chi connectivity index (χ1) is 6.07. The van der Waals surface area contributed by atoms with Gasteiger partial charge in [-0.2, -0.15) is 0 Å². The molecular weight excluding hydrogens is 168 g/mol. The molecule has 0 aliphatic carbocycles. The molecule has 0 saturated heterocycles. The van der Waals surface area contributed by atoms with Crippen LogP contribution in [0.5, 0.6) is 0 Å². The molecule has 0 aromatic rings. The summed E-state index contributed by atoms with van der Waals surface area (Å²) in [4.78, 5) is 15.4. The van der Waals surface area contributed by atoms with E-state index in [0.29, 0.717) is 19.5 Å². The van der Waals surface area contributed by atoms with Crippen LogP contribution >= 0.6 is 0 Å². The Kier molecular flexibility index (Phi) is 5.93. The number of likely N-dealkylation sites (N-methyl/N-ethyl adjacent to an activating group) is 1. The van der Waals surface area contributed by atoms with Gasteiger partial charge < -0.3 is 4.90 Å². The van der Waals surface area contributed by atoms with E-state index in [1.165, 1.54) is 0 Å². The predicted molar refractivity (Wildman–Crippen MR) is 51.4 cm³/mol. The molecule has 0 N–H and O–H groups in total. The van der Waals surface area contributed by atoms with Gasteiger partial charge >= 0.3 is 0 Å². The number of azide groups is 1. The van der Waals surface area contributed by atoms with E-state index in [2.05, 4.69) is 10.0 Å². The molecule has 5 nitrogen and oxygen atoms in total. The van der Waals surface area contributed by atoms with E-state index in [1.807, 2.05) is 18.9 Å². The lowest BCUT2D eigenvalue weighted by Gasteiger charge is -2.22. The van der Waals surface area contributed by atoms with E-state index >= 15 is 0 Å². The summed E-state index contributed by atoms with van der Waals surface area (Å²) < 4.78 is 0. The molecule has 0 saturated carbocycles. The predicted octanol–water partition coefficient (Wildman–Crippen LogP) is 1.60. The van der Waals surface area contributed by atoms with Crippen molar-refractivity contribution in [2.24, 2.45) is 5.11 Å². The highest BCUT2D eigenvalue weighted by Crippen LogP contribution is 2.00. The summed E-state index contributed by atoms with van der Waals surface area (Å²) in [5.74, 6) is 0.183. The SMILES string of the molecule is CC(=O)CC(C)N(C)CCN=[N+]=[N-]. The number of rotatable bonds is 6. The second kappa shape index (κ2) is 6.46. The van der Waals surface area contributed by atoms with Crippen molar-refractivity contribution >= 4 is 5.78 Å². The summed E-state index contributed by atoms with van der Waals surface area (Å²) in [5.41, 5.74) is 8.05. The Labute approximate surface area is 78.3 Å². The monoisotopic (exact) mass is 184 g/mol. The molecule has 0 aromatic heterocycles. The number of hydrogen-bond acceptors (Lipinski definition) is 3. The van der Waals surface area contributed by atoms with E-state index in [4.69, 9.17) is 5.53 Å². The molecule has 0 radical (unpaired) electrons. The third kappa shape index (κ3) is 6.13. The number of Topliss-reactive ketones (excluding diaryl/α,β-unsaturated/α-hetero) is 1. The maximum absolute atomic E-state index is 10.8. The molecule has 0 aliphatic rings. The van der Waals surface area contributed by atoms with E-state index in [1.54, 1.807) is 6.92 Å². The van der Waals surface area contributed by atoms with Crippen LogP contribution in [0.3, 0.4) is 0 Å². The molecule has 5 heteroatoms. The number of ketones is 1.